The lowest BCUT2D eigenvalue weighted by atomic mass is 10.1. The van der Waals surface area contributed by atoms with Crippen LogP contribution in [0, 0.1) is 0 Å². The molecule has 2 N–H and O–H groups in total. The summed E-state index contributed by atoms with van der Waals surface area (Å²) < 4.78 is 6.68. The molecule has 2 rings (SSSR count). The number of rotatable bonds is 5. The second-order valence-electron chi connectivity index (χ2n) is 4.98. The molecule has 1 aromatic carbocycles. The standard InChI is InChI=1S/C14H21BrN2O2/c1-17-6-7-19-13(10-17)8-16-9-14(18)11-2-4-12(15)5-3-11/h2-5,13-14,16,18H,6-10H2,1H3/t13-,14-/m0/s1. The lowest BCUT2D eigenvalue weighted by Gasteiger charge is -2.30. The van der Waals surface area contributed by atoms with Gasteiger partial charge in [-0.3, -0.25) is 0 Å². The number of aliphatic hydroxyl groups is 1. The number of nitrogens with one attached hydrogen (secondary N) is 1. The van der Waals surface area contributed by atoms with E-state index < -0.39 is 6.10 Å². The van der Waals surface area contributed by atoms with Gasteiger partial charge in [0.2, 0.25) is 0 Å². The Bertz CT molecular complexity index is 386. The van der Waals surface area contributed by atoms with Crippen LogP contribution in [-0.4, -0.2) is 55.9 Å². The minimum Gasteiger partial charge on any atom is -0.387 e. The highest BCUT2D eigenvalue weighted by Gasteiger charge is 2.17. The van der Waals surface area contributed by atoms with E-state index in [1.165, 1.54) is 0 Å². The average Bonchev–Trinajstić information content (AvgIpc) is 2.39. The lowest BCUT2D eigenvalue weighted by molar-refractivity contribution is -0.0191. The van der Waals surface area contributed by atoms with Crippen LogP contribution in [0.15, 0.2) is 28.7 Å². The number of nitrogens with zero attached hydrogens (tertiary/aromatic N) is 1. The van der Waals surface area contributed by atoms with E-state index in [4.69, 9.17) is 4.74 Å². The van der Waals surface area contributed by atoms with Crippen molar-refractivity contribution >= 4 is 15.9 Å². The van der Waals surface area contributed by atoms with Crippen LogP contribution in [-0.2, 0) is 4.74 Å². The molecule has 0 unspecified atom stereocenters. The molecule has 1 saturated heterocycles. The van der Waals surface area contributed by atoms with Crippen molar-refractivity contribution in [1.82, 2.24) is 10.2 Å². The maximum absolute atomic E-state index is 10.1. The Morgan fingerprint density at radius 2 is 2.21 bits per heavy atom. The van der Waals surface area contributed by atoms with Crippen LogP contribution in [0.5, 0.6) is 0 Å². The van der Waals surface area contributed by atoms with E-state index in [0.717, 1.165) is 36.3 Å². The predicted molar refractivity (Wildman–Crippen MR) is 79.2 cm³/mol. The Morgan fingerprint density at radius 3 is 2.89 bits per heavy atom. The largest absolute Gasteiger partial charge is 0.387 e. The molecule has 106 valence electrons. The van der Waals surface area contributed by atoms with Crippen molar-refractivity contribution in [3.05, 3.63) is 34.3 Å². The summed E-state index contributed by atoms with van der Waals surface area (Å²) in [6, 6.07) is 7.75. The number of hydrogen-bond donors (Lipinski definition) is 2. The van der Waals surface area contributed by atoms with Crippen LogP contribution in [0.2, 0.25) is 0 Å². The van der Waals surface area contributed by atoms with Crippen LogP contribution < -0.4 is 5.32 Å². The zero-order chi connectivity index (χ0) is 13.7. The molecule has 1 aromatic rings. The summed E-state index contributed by atoms with van der Waals surface area (Å²) in [4.78, 5) is 2.26. The van der Waals surface area contributed by atoms with Crippen molar-refractivity contribution < 1.29 is 9.84 Å². The molecule has 1 aliphatic heterocycles. The van der Waals surface area contributed by atoms with Crippen molar-refractivity contribution in [2.24, 2.45) is 0 Å². The van der Waals surface area contributed by atoms with Gasteiger partial charge in [0.1, 0.15) is 0 Å². The minimum atomic E-state index is -0.477. The lowest BCUT2D eigenvalue weighted by Crippen LogP contribution is -2.45. The van der Waals surface area contributed by atoms with E-state index in [1.807, 2.05) is 24.3 Å². The van der Waals surface area contributed by atoms with E-state index in [1.54, 1.807) is 0 Å². The quantitative estimate of drug-likeness (QED) is 0.857. The second-order valence-corrected chi connectivity index (χ2v) is 5.90. The molecule has 2 atom stereocenters. The number of morpholine rings is 1. The number of aliphatic hydroxyl groups excluding tert-OH is 1. The molecule has 0 aliphatic carbocycles. The molecular weight excluding hydrogens is 308 g/mol. The fourth-order valence-electron chi connectivity index (χ4n) is 2.17. The van der Waals surface area contributed by atoms with Gasteiger partial charge in [-0.2, -0.15) is 0 Å². The number of likely N-dealkylation sites (N-methyl/N-ethyl adjacent to an activating group) is 1. The van der Waals surface area contributed by atoms with Gasteiger partial charge in [0.05, 0.1) is 18.8 Å². The van der Waals surface area contributed by atoms with Gasteiger partial charge < -0.3 is 20.1 Å². The van der Waals surface area contributed by atoms with Gasteiger partial charge in [0.25, 0.3) is 0 Å². The van der Waals surface area contributed by atoms with Gasteiger partial charge in [0, 0.05) is 30.7 Å². The van der Waals surface area contributed by atoms with Gasteiger partial charge >= 0.3 is 0 Å². The van der Waals surface area contributed by atoms with Crippen LogP contribution >= 0.6 is 15.9 Å². The summed E-state index contributed by atoms with van der Waals surface area (Å²) in [7, 11) is 2.10. The molecule has 1 aliphatic rings. The first-order chi connectivity index (χ1) is 9.15. The number of ether oxygens (including phenoxy) is 1. The van der Waals surface area contributed by atoms with Crippen LogP contribution in [0.4, 0.5) is 0 Å². The van der Waals surface area contributed by atoms with E-state index in [0.29, 0.717) is 6.54 Å². The van der Waals surface area contributed by atoms with E-state index in [-0.39, 0.29) is 6.10 Å². The first-order valence-corrected chi connectivity index (χ1v) is 7.39. The van der Waals surface area contributed by atoms with Gasteiger partial charge in [0.15, 0.2) is 0 Å². The van der Waals surface area contributed by atoms with Crippen LogP contribution in [0.1, 0.15) is 11.7 Å². The molecule has 1 fully saturated rings. The Labute approximate surface area is 122 Å². The molecule has 0 bridgehead atoms. The van der Waals surface area contributed by atoms with Crippen molar-refractivity contribution in [2.75, 3.05) is 39.8 Å². The maximum atomic E-state index is 10.1. The second kappa shape index (κ2) is 7.36. The third-order valence-corrected chi connectivity index (χ3v) is 3.84. The minimum absolute atomic E-state index is 0.218. The summed E-state index contributed by atoms with van der Waals surface area (Å²) >= 11 is 3.39. The normalized spacial score (nSPS) is 22.4. The van der Waals surface area contributed by atoms with Crippen molar-refractivity contribution in [3.63, 3.8) is 0 Å². The van der Waals surface area contributed by atoms with Gasteiger partial charge in [-0.05, 0) is 24.7 Å². The first kappa shape index (κ1) is 14.9. The zero-order valence-electron chi connectivity index (χ0n) is 11.2. The Balaban J connectivity index is 1.71. The third-order valence-electron chi connectivity index (χ3n) is 3.31. The van der Waals surface area contributed by atoms with Crippen LogP contribution in [0.3, 0.4) is 0 Å². The molecular formula is C14H21BrN2O2. The van der Waals surface area contributed by atoms with Gasteiger partial charge in [-0.25, -0.2) is 0 Å². The third kappa shape index (κ3) is 4.85. The molecule has 0 amide bonds. The smallest absolute Gasteiger partial charge is 0.0914 e. The van der Waals surface area contributed by atoms with Gasteiger partial charge in [-0.15, -0.1) is 0 Å². The highest BCUT2D eigenvalue weighted by molar-refractivity contribution is 9.10. The highest BCUT2D eigenvalue weighted by atomic mass is 79.9. The first-order valence-electron chi connectivity index (χ1n) is 6.59. The van der Waals surface area contributed by atoms with Gasteiger partial charge in [-0.1, -0.05) is 28.1 Å². The van der Waals surface area contributed by atoms with Crippen molar-refractivity contribution in [3.8, 4) is 0 Å². The summed E-state index contributed by atoms with van der Waals surface area (Å²) in [6.07, 6.45) is -0.259. The summed E-state index contributed by atoms with van der Waals surface area (Å²) in [5.41, 5.74) is 0.928. The fourth-order valence-corrected chi connectivity index (χ4v) is 2.44. The number of benzene rings is 1. The average molecular weight is 329 g/mol. The number of hydrogen-bond acceptors (Lipinski definition) is 4. The highest BCUT2D eigenvalue weighted by Crippen LogP contribution is 2.16. The summed E-state index contributed by atoms with van der Waals surface area (Å²) in [5.74, 6) is 0. The summed E-state index contributed by atoms with van der Waals surface area (Å²) in [6.45, 7) is 4.06. The predicted octanol–water partition coefficient (Wildman–Crippen LogP) is 1.40. The zero-order valence-corrected chi connectivity index (χ0v) is 12.8. The molecule has 1 heterocycles. The fraction of sp³-hybridized carbons (Fsp3) is 0.571. The van der Waals surface area contributed by atoms with Crippen LogP contribution in [0.25, 0.3) is 0 Å². The topological polar surface area (TPSA) is 44.7 Å². The van der Waals surface area contributed by atoms with E-state index in [2.05, 4.69) is 33.2 Å². The summed E-state index contributed by atoms with van der Waals surface area (Å²) in [5, 5.41) is 13.3. The molecule has 0 spiro atoms. The SMILES string of the molecule is CN1CCO[C@@H](CNC[C@H](O)c2ccc(Br)cc2)C1. The molecule has 19 heavy (non-hydrogen) atoms. The van der Waals surface area contributed by atoms with Crippen molar-refractivity contribution in [2.45, 2.75) is 12.2 Å². The number of halogens is 1. The Kier molecular flexibility index (Phi) is 5.78. The molecule has 4 nitrogen and oxygen atoms in total. The van der Waals surface area contributed by atoms with Crippen molar-refractivity contribution in [1.29, 1.82) is 0 Å². The Morgan fingerprint density at radius 1 is 1.47 bits per heavy atom. The Hall–Kier alpha value is -0.460. The monoisotopic (exact) mass is 328 g/mol. The molecule has 5 heteroatoms. The maximum Gasteiger partial charge on any atom is 0.0914 e. The molecule has 0 radical (unpaired) electrons. The van der Waals surface area contributed by atoms with E-state index in [9.17, 15) is 5.11 Å². The van der Waals surface area contributed by atoms with E-state index >= 15 is 0 Å². The molecule has 0 aromatic heterocycles. The molecule has 0 saturated carbocycles.